The summed E-state index contributed by atoms with van der Waals surface area (Å²) in [6.45, 7) is 4.13. The molecule has 1 aliphatic carbocycles. The van der Waals surface area contributed by atoms with Gasteiger partial charge in [0, 0.05) is 12.7 Å². The SMILES string of the molecule is CC(C)Oc1cncc(C(=O)NCC(O)C2CCCC2)c1. The summed E-state index contributed by atoms with van der Waals surface area (Å²) in [6.07, 6.45) is 7.12. The normalized spacial score (nSPS) is 17.0. The van der Waals surface area contributed by atoms with Crippen LogP contribution in [0.2, 0.25) is 0 Å². The molecule has 116 valence electrons. The fourth-order valence-corrected chi connectivity index (χ4v) is 2.69. The molecule has 1 saturated carbocycles. The number of amides is 1. The number of aromatic nitrogens is 1. The van der Waals surface area contributed by atoms with Crippen LogP contribution in [0.3, 0.4) is 0 Å². The number of aliphatic hydroxyl groups excluding tert-OH is 1. The Kier molecular flexibility index (Phi) is 5.56. The monoisotopic (exact) mass is 292 g/mol. The second-order valence-electron chi connectivity index (χ2n) is 5.90. The van der Waals surface area contributed by atoms with E-state index in [1.54, 1.807) is 12.3 Å². The molecule has 0 aliphatic heterocycles. The van der Waals surface area contributed by atoms with Gasteiger partial charge in [-0.15, -0.1) is 0 Å². The van der Waals surface area contributed by atoms with Gasteiger partial charge in [-0.05, 0) is 38.7 Å². The molecule has 0 bridgehead atoms. The number of carbonyl (C=O) groups is 1. The predicted octanol–water partition coefficient (Wildman–Crippen LogP) is 2.15. The summed E-state index contributed by atoms with van der Waals surface area (Å²) in [4.78, 5) is 16.1. The molecule has 1 aliphatic rings. The molecule has 0 aromatic carbocycles. The Hall–Kier alpha value is -1.62. The van der Waals surface area contributed by atoms with Gasteiger partial charge in [-0.2, -0.15) is 0 Å². The number of pyridine rings is 1. The fraction of sp³-hybridized carbons (Fsp3) is 0.625. The van der Waals surface area contributed by atoms with Gasteiger partial charge >= 0.3 is 0 Å². The molecule has 2 N–H and O–H groups in total. The minimum atomic E-state index is -0.459. The van der Waals surface area contributed by atoms with Crippen molar-refractivity contribution in [1.82, 2.24) is 10.3 Å². The van der Waals surface area contributed by atoms with Crippen molar-refractivity contribution in [2.75, 3.05) is 6.54 Å². The van der Waals surface area contributed by atoms with Gasteiger partial charge in [0.25, 0.3) is 5.91 Å². The molecule has 1 amide bonds. The van der Waals surface area contributed by atoms with E-state index < -0.39 is 6.10 Å². The molecule has 5 nitrogen and oxygen atoms in total. The topological polar surface area (TPSA) is 71.5 Å². The minimum Gasteiger partial charge on any atom is -0.489 e. The third-order valence-electron chi connectivity index (χ3n) is 3.76. The molecule has 21 heavy (non-hydrogen) atoms. The molecule has 1 atom stereocenters. The number of ether oxygens (including phenoxy) is 1. The van der Waals surface area contributed by atoms with Crippen LogP contribution in [-0.4, -0.2) is 34.8 Å². The molecule has 1 fully saturated rings. The highest BCUT2D eigenvalue weighted by atomic mass is 16.5. The van der Waals surface area contributed by atoms with Gasteiger partial charge in [0.2, 0.25) is 0 Å². The van der Waals surface area contributed by atoms with E-state index in [-0.39, 0.29) is 12.0 Å². The van der Waals surface area contributed by atoms with Gasteiger partial charge < -0.3 is 15.2 Å². The average Bonchev–Trinajstić information content (AvgIpc) is 2.98. The largest absolute Gasteiger partial charge is 0.489 e. The Balaban J connectivity index is 1.87. The number of hydrogen-bond donors (Lipinski definition) is 2. The lowest BCUT2D eigenvalue weighted by atomic mass is 10.0. The maximum atomic E-state index is 12.1. The molecule has 0 spiro atoms. The van der Waals surface area contributed by atoms with Crippen molar-refractivity contribution in [3.63, 3.8) is 0 Å². The van der Waals surface area contributed by atoms with Gasteiger partial charge in [0.1, 0.15) is 5.75 Å². The zero-order valence-corrected chi connectivity index (χ0v) is 12.7. The van der Waals surface area contributed by atoms with Crippen molar-refractivity contribution in [2.24, 2.45) is 5.92 Å². The van der Waals surface area contributed by atoms with Crippen LogP contribution in [0.5, 0.6) is 5.75 Å². The number of hydrogen-bond acceptors (Lipinski definition) is 4. The molecular formula is C16H24N2O3. The molecule has 1 aromatic heterocycles. The molecule has 2 rings (SSSR count). The smallest absolute Gasteiger partial charge is 0.253 e. The molecule has 1 heterocycles. The zero-order chi connectivity index (χ0) is 15.2. The van der Waals surface area contributed by atoms with E-state index in [1.165, 1.54) is 19.0 Å². The lowest BCUT2D eigenvalue weighted by Crippen LogP contribution is -2.35. The first-order chi connectivity index (χ1) is 10.1. The highest BCUT2D eigenvalue weighted by Gasteiger charge is 2.23. The van der Waals surface area contributed by atoms with Crippen LogP contribution in [0.15, 0.2) is 18.5 Å². The first-order valence-corrected chi connectivity index (χ1v) is 7.64. The maximum absolute atomic E-state index is 12.1. The summed E-state index contributed by atoms with van der Waals surface area (Å²) >= 11 is 0. The molecule has 0 radical (unpaired) electrons. The Morgan fingerprint density at radius 3 is 2.81 bits per heavy atom. The van der Waals surface area contributed by atoms with E-state index >= 15 is 0 Å². The second-order valence-corrected chi connectivity index (χ2v) is 5.90. The Morgan fingerprint density at radius 2 is 2.14 bits per heavy atom. The number of nitrogens with zero attached hydrogens (tertiary/aromatic N) is 1. The van der Waals surface area contributed by atoms with Crippen LogP contribution in [-0.2, 0) is 0 Å². The van der Waals surface area contributed by atoms with Crippen LogP contribution in [0.1, 0.15) is 49.9 Å². The van der Waals surface area contributed by atoms with Crippen molar-refractivity contribution in [2.45, 2.75) is 51.7 Å². The van der Waals surface area contributed by atoms with Gasteiger partial charge in [0.05, 0.1) is 24.0 Å². The van der Waals surface area contributed by atoms with Crippen molar-refractivity contribution < 1.29 is 14.6 Å². The minimum absolute atomic E-state index is 0.0364. The zero-order valence-electron chi connectivity index (χ0n) is 12.7. The van der Waals surface area contributed by atoms with Crippen LogP contribution < -0.4 is 10.1 Å². The van der Waals surface area contributed by atoms with Crippen molar-refractivity contribution >= 4 is 5.91 Å². The molecule has 1 aromatic rings. The van der Waals surface area contributed by atoms with E-state index in [0.717, 1.165) is 12.8 Å². The van der Waals surface area contributed by atoms with Crippen molar-refractivity contribution in [3.05, 3.63) is 24.0 Å². The quantitative estimate of drug-likeness (QED) is 0.842. The third-order valence-corrected chi connectivity index (χ3v) is 3.76. The second kappa shape index (κ2) is 7.41. The highest BCUT2D eigenvalue weighted by Crippen LogP contribution is 2.27. The molecule has 0 saturated heterocycles. The van der Waals surface area contributed by atoms with E-state index in [2.05, 4.69) is 10.3 Å². The standard InChI is InChI=1S/C16H24N2O3/c1-11(2)21-14-7-13(8-17-9-14)16(20)18-10-15(19)12-5-3-4-6-12/h7-9,11-12,15,19H,3-6,10H2,1-2H3,(H,18,20). The summed E-state index contributed by atoms with van der Waals surface area (Å²) in [5.41, 5.74) is 0.451. The Bertz CT molecular complexity index is 470. The number of aliphatic hydroxyl groups is 1. The Morgan fingerprint density at radius 1 is 1.43 bits per heavy atom. The maximum Gasteiger partial charge on any atom is 0.253 e. The summed E-state index contributed by atoms with van der Waals surface area (Å²) in [5, 5.41) is 12.8. The summed E-state index contributed by atoms with van der Waals surface area (Å²) in [6, 6.07) is 1.67. The van der Waals surface area contributed by atoms with E-state index in [1.807, 2.05) is 13.8 Å². The first kappa shape index (κ1) is 15.8. The predicted molar refractivity (Wildman–Crippen MR) is 80.3 cm³/mol. The van der Waals surface area contributed by atoms with Crippen molar-refractivity contribution in [1.29, 1.82) is 0 Å². The number of carbonyl (C=O) groups excluding carboxylic acids is 1. The summed E-state index contributed by atoms with van der Waals surface area (Å²) in [5.74, 6) is 0.668. The molecular weight excluding hydrogens is 268 g/mol. The van der Waals surface area contributed by atoms with Gasteiger partial charge in [0.15, 0.2) is 0 Å². The summed E-state index contributed by atoms with van der Waals surface area (Å²) < 4.78 is 5.52. The van der Waals surface area contributed by atoms with Gasteiger partial charge in [-0.1, -0.05) is 12.8 Å². The van der Waals surface area contributed by atoms with E-state index in [4.69, 9.17) is 4.74 Å². The molecule has 1 unspecified atom stereocenters. The van der Waals surface area contributed by atoms with E-state index in [9.17, 15) is 9.90 Å². The van der Waals surface area contributed by atoms with Crippen LogP contribution in [0, 0.1) is 5.92 Å². The lowest BCUT2D eigenvalue weighted by Gasteiger charge is -2.18. The first-order valence-electron chi connectivity index (χ1n) is 7.64. The number of nitrogens with one attached hydrogen (secondary N) is 1. The lowest BCUT2D eigenvalue weighted by molar-refractivity contribution is 0.0840. The average molecular weight is 292 g/mol. The van der Waals surface area contributed by atoms with Crippen LogP contribution >= 0.6 is 0 Å². The third kappa shape index (κ3) is 4.70. The van der Waals surface area contributed by atoms with E-state index in [0.29, 0.717) is 23.8 Å². The summed E-state index contributed by atoms with van der Waals surface area (Å²) in [7, 11) is 0. The Labute approximate surface area is 125 Å². The fourth-order valence-electron chi connectivity index (χ4n) is 2.69. The van der Waals surface area contributed by atoms with Crippen LogP contribution in [0.4, 0.5) is 0 Å². The van der Waals surface area contributed by atoms with Gasteiger partial charge in [-0.3, -0.25) is 9.78 Å². The highest BCUT2D eigenvalue weighted by molar-refractivity contribution is 5.94. The van der Waals surface area contributed by atoms with Crippen molar-refractivity contribution in [3.8, 4) is 5.75 Å². The van der Waals surface area contributed by atoms with Gasteiger partial charge in [-0.25, -0.2) is 0 Å². The molecule has 5 heteroatoms. The number of rotatable bonds is 6. The van der Waals surface area contributed by atoms with Crippen LogP contribution in [0.25, 0.3) is 0 Å².